The second kappa shape index (κ2) is 5.60. The quantitative estimate of drug-likeness (QED) is 0.867. The molecule has 0 radical (unpaired) electrons. The number of aliphatic hydroxyl groups is 1. The molecule has 1 rings (SSSR count). The van der Waals surface area contributed by atoms with Crippen molar-refractivity contribution in [1.82, 2.24) is 0 Å². The third-order valence-corrected chi connectivity index (χ3v) is 2.19. The van der Waals surface area contributed by atoms with Crippen molar-refractivity contribution in [3.05, 3.63) is 23.8 Å². The molecular formula is C11H11F3N2O2. The molecule has 98 valence electrons. The van der Waals surface area contributed by atoms with E-state index in [2.05, 4.69) is 5.32 Å². The Morgan fingerprint density at radius 1 is 1.50 bits per heavy atom. The summed E-state index contributed by atoms with van der Waals surface area (Å²) in [6.45, 7) is -0.689. The van der Waals surface area contributed by atoms with Crippen molar-refractivity contribution in [3.63, 3.8) is 0 Å². The molecule has 0 bridgehead atoms. The molecule has 0 aliphatic rings. The standard InChI is InChI=1S/C11H11F3N2O2/c1-18-9-4-7(5-15)2-3-8(9)16-6-10(17)11(12,13)14/h2-4,10,16-17H,6H2,1H3. The van der Waals surface area contributed by atoms with Gasteiger partial charge in [-0.15, -0.1) is 0 Å². The Kier molecular flexibility index (Phi) is 4.39. The molecule has 0 saturated heterocycles. The molecular weight excluding hydrogens is 249 g/mol. The first-order valence-corrected chi connectivity index (χ1v) is 4.95. The summed E-state index contributed by atoms with van der Waals surface area (Å²) in [6.07, 6.45) is -7.13. The van der Waals surface area contributed by atoms with Crippen LogP contribution in [0.1, 0.15) is 5.56 Å². The Balaban J connectivity index is 2.77. The zero-order chi connectivity index (χ0) is 13.8. The fraction of sp³-hybridized carbons (Fsp3) is 0.364. The van der Waals surface area contributed by atoms with E-state index >= 15 is 0 Å². The number of methoxy groups -OCH3 is 1. The number of rotatable bonds is 4. The summed E-state index contributed by atoms with van der Waals surface area (Å²) in [6, 6.07) is 6.12. The monoisotopic (exact) mass is 260 g/mol. The zero-order valence-electron chi connectivity index (χ0n) is 9.45. The summed E-state index contributed by atoms with van der Waals surface area (Å²) in [4.78, 5) is 0. The second-order valence-corrected chi connectivity index (χ2v) is 3.47. The Hall–Kier alpha value is -1.94. The molecule has 0 aliphatic carbocycles. The van der Waals surface area contributed by atoms with Gasteiger partial charge in [0, 0.05) is 12.6 Å². The van der Waals surface area contributed by atoms with Crippen molar-refractivity contribution in [3.8, 4) is 11.8 Å². The molecule has 18 heavy (non-hydrogen) atoms. The Morgan fingerprint density at radius 3 is 2.67 bits per heavy atom. The van der Waals surface area contributed by atoms with Crippen LogP contribution in [0.25, 0.3) is 0 Å². The van der Waals surface area contributed by atoms with Crippen molar-refractivity contribution in [1.29, 1.82) is 5.26 Å². The number of nitriles is 1. The number of alkyl halides is 3. The van der Waals surface area contributed by atoms with E-state index in [9.17, 15) is 13.2 Å². The van der Waals surface area contributed by atoms with Crippen LogP contribution in [0.5, 0.6) is 5.75 Å². The van der Waals surface area contributed by atoms with E-state index in [1.165, 1.54) is 25.3 Å². The number of ether oxygens (including phenoxy) is 1. The van der Waals surface area contributed by atoms with Crippen LogP contribution in [0.2, 0.25) is 0 Å². The summed E-state index contributed by atoms with van der Waals surface area (Å²) < 4.78 is 41.2. The van der Waals surface area contributed by atoms with Gasteiger partial charge in [-0.3, -0.25) is 0 Å². The van der Waals surface area contributed by atoms with Gasteiger partial charge in [0.25, 0.3) is 0 Å². The average Bonchev–Trinajstić information content (AvgIpc) is 2.34. The first-order valence-electron chi connectivity index (χ1n) is 4.95. The molecule has 2 N–H and O–H groups in total. The molecule has 0 amide bonds. The van der Waals surface area contributed by atoms with Gasteiger partial charge in [0.15, 0.2) is 6.10 Å². The number of halogens is 3. The van der Waals surface area contributed by atoms with E-state index in [4.69, 9.17) is 15.1 Å². The van der Waals surface area contributed by atoms with Gasteiger partial charge in [-0.25, -0.2) is 0 Å². The van der Waals surface area contributed by atoms with E-state index in [1.54, 1.807) is 0 Å². The van der Waals surface area contributed by atoms with Crippen molar-refractivity contribution in [2.45, 2.75) is 12.3 Å². The van der Waals surface area contributed by atoms with Gasteiger partial charge in [-0.2, -0.15) is 18.4 Å². The van der Waals surface area contributed by atoms with Gasteiger partial charge < -0.3 is 15.2 Å². The van der Waals surface area contributed by atoms with Crippen molar-refractivity contribution in [2.24, 2.45) is 0 Å². The highest BCUT2D eigenvalue weighted by Gasteiger charge is 2.37. The summed E-state index contributed by atoms with van der Waals surface area (Å²) in [5.41, 5.74) is 0.605. The third kappa shape index (κ3) is 3.53. The minimum atomic E-state index is -4.67. The largest absolute Gasteiger partial charge is 0.495 e. The smallest absolute Gasteiger partial charge is 0.416 e. The topological polar surface area (TPSA) is 65.3 Å². The van der Waals surface area contributed by atoms with E-state index in [0.29, 0.717) is 5.56 Å². The number of benzene rings is 1. The predicted octanol–water partition coefficient (Wildman–Crippen LogP) is 1.90. The highest BCUT2D eigenvalue weighted by molar-refractivity contribution is 5.59. The molecule has 0 spiro atoms. The average molecular weight is 260 g/mol. The lowest BCUT2D eigenvalue weighted by Crippen LogP contribution is -2.35. The molecule has 0 aliphatic heterocycles. The molecule has 7 heteroatoms. The van der Waals surface area contributed by atoms with E-state index in [0.717, 1.165) is 0 Å². The highest BCUT2D eigenvalue weighted by Crippen LogP contribution is 2.26. The number of aliphatic hydroxyl groups excluding tert-OH is 1. The van der Waals surface area contributed by atoms with Crippen LogP contribution >= 0.6 is 0 Å². The third-order valence-electron chi connectivity index (χ3n) is 2.19. The van der Waals surface area contributed by atoms with E-state index in [1.807, 2.05) is 6.07 Å². The molecule has 1 atom stereocenters. The maximum Gasteiger partial charge on any atom is 0.416 e. The molecule has 1 aromatic rings. The lowest BCUT2D eigenvalue weighted by molar-refractivity contribution is -0.198. The van der Waals surface area contributed by atoms with Crippen LogP contribution in [-0.2, 0) is 0 Å². The SMILES string of the molecule is COc1cc(C#N)ccc1NCC(O)C(F)(F)F. The normalized spacial score (nSPS) is 12.7. The minimum absolute atomic E-state index is 0.239. The van der Waals surface area contributed by atoms with Crippen LogP contribution in [-0.4, -0.2) is 31.0 Å². The van der Waals surface area contributed by atoms with E-state index in [-0.39, 0.29) is 11.4 Å². The highest BCUT2D eigenvalue weighted by atomic mass is 19.4. The van der Waals surface area contributed by atoms with Gasteiger partial charge in [-0.05, 0) is 12.1 Å². The van der Waals surface area contributed by atoms with Gasteiger partial charge in [0.05, 0.1) is 24.4 Å². The minimum Gasteiger partial charge on any atom is -0.495 e. The van der Waals surface area contributed by atoms with Crippen LogP contribution in [0.15, 0.2) is 18.2 Å². The lowest BCUT2D eigenvalue weighted by Gasteiger charge is -2.17. The molecule has 1 unspecified atom stereocenters. The number of nitrogens with zero attached hydrogens (tertiary/aromatic N) is 1. The van der Waals surface area contributed by atoms with Crippen LogP contribution in [0, 0.1) is 11.3 Å². The summed E-state index contributed by atoms with van der Waals surface area (Å²) in [5, 5.41) is 19.9. The Labute approximate surface area is 102 Å². The van der Waals surface area contributed by atoms with E-state index < -0.39 is 18.8 Å². The first-order chi connectivity index (χ1) is 8.38. The van der Waals surface area contributed by atoms with Gasteiger partial charge >= 0.3 is 6.18 Å². The number of hydrogen-bond acceptors (Lipinski definition) is 4. The Morgan fingerprint density at radius 2 is 2.17 bits per heavy atom. The van der Waals surface area contributed by atoms with Crippen molar-refractivity contribution in [2.75, 3.05) is 19.0 Å². The molecule has 1 aromatic carbocycles. The molecule has 0 heterocycles. The zero-order valence-corrected chi connectivity index (χ0v) is 9.45. The van der Waals surface area contributed by atoms with Crippen molar-refractivity contribution >= 4 is 5.69 Å². The van der Waals surface area contributed by atoms with Gasteiger partial charge in [-0.1, -0.05) is 0 Å². The van der Waals surface area contributed by atoms with Crippen molar-refractivity contribution < 1.29 is 23.0 Å². The molecule has 0 saturated carbocycles. The number of hydrogen-bond donors (Lipinski definition) is 2. The summed E-state index contributed by atoms with van der Waals surface area (Å²) in [5.74, 6) is 0.239. The van der Waals surface area contributed by atoms with Crippen LogP contribution < -0.4 is 10.1 Å². The van der Waals surface area contributed by atoms with Gasteiger partial charge in [0.2, 0.25) is 0 Å². The number of nitrogens with one attached hydrogen (secondary N) is 1. The lowest BCUT2D eigenvalue weighted by atomic mass is 10.2. The van der Waals surface area contributed by atoms with Gasteiger partial charge in [0.1, 0.15) is 5.75 Å². The number of anilines is 1. The summed E-state index contributed by atoms with van der Waals surface area (Å²) >= 11 is 0. The Bertz CT molecular complexity index is 455. The second-order valence-electron chi connectivity index (χ2n) is 3.47. The molecule has 4 nitrogen and oxygen atoms in total. The fourth-order valence-corrected chi connectivity index (χ4v) is 1.23. The van der Waals surface area contributed by atoms with Crippen LogP contribution in [0.3, 0.4) is 0 Å². The first kappa shape index (κ1) is 14.1. The fourth-order valence-electron chi connectivity index (χ4n) is 1.23. The maximum atomic E-state index is 12.1. The predicted molar refractivity (Wildman–Crippen MR) is 58.3 cm³/mol. The summed E-state index contributed by atoms with van der Waals surface area (Å²) in [7, 11) is 1.34. The van der Waals surface area contributed by atoms with Crippen LogP contribution in [0.4, 0.5) is 18.9 Å². The molecule has 0 aromatic heterocycles. The molecule has 0 fully saturated rings. The maximum absolute atomic E-state index is 12.1.